The van der Waals surface area contributed by atoms with E-state index in [0.717, 1.165) is 16.5 Å². The topological polar surface area (TPSA) is 26.0 Å². The second-order valence-corrected chi connectivity index (χ2v) is 6.15. The number of rotatable bonds is 3. The lowest BCUT2D eigenvalue weighted by Crippen LogP contribution is -2.26. The average Bonchev–Trinajstić information content (AvgIpc) is 2.38. The first-order chi connectivity index (χ1) is 8.61. The van der Waals surface area contributed by atoms with Gasteiger partial charge in [-0.3, -0.25) is 0 Å². The highest BCUT2D eigenvalue weighted by Gasteiger charge is 2.26. The molecule has 1 aliphatic carbocycles. The molecule has 0 radical (unpaired) electrons. The van der Waals surface area contributed by atoms with Gasteiger partial charge in [0.05, 0.1) is 0 Å². The predicted molar refractivity (Wildman–Crippen MR) is 78.9 cm³/mol. The first-order valence-electron chi connectivity index (χ1n) is 7.13. The molecule has 0 aromatic heterocycles. The minimum Gasteiger partial charge on any atom is -0.324 e. The first kappa shape index (κ1) is 13.9. The lowest BCUT2D eigenvalue weighted by Gasteiger charge is -2.32. The minimum absolute atomic E-state index is 0.107. The lowest BCUT2D eigenvalue weighted by atomic mass is 9.76. The number of halogens is 1. The first-order valence-corrected chi connectivity index (χ1v) is 7.51. The summed E-state index contributed by atoms with van der Waals surface area (Å²) in [7, 11) is 0. The molecule has 0 heterocycles. The van der Waals surface area contributed by atoms with E-state index in [1.54, 1.807) is 0 Å². The number of aryl methyl sites for hydroxylation is 1. The van der Waals surface area contributed by atoms with Crippen molar-refractivity contribution in [2.45, 2.75) is 52.0 Å². The third kappa shape index (κ3) is 3.07. The van der Waals surface area contributed by atoms with Gasteiger partial charge in [0.2, 0.25) is 0 Å². The molecule has 1 nitrogen and oxygen atoms in total. The highest BCUT2D eigenvalue weighted by molar-refractivity contribution is 6.31. The van der Waals surface area contributed by atoms with Crippen LogP contribution in [0.3, 0.4) is 0 Å². The molecule has 0 amide bonds. The normalized spacial score (nSPS) is 26.0. The Kier molecular flexibility index (Phi) is 4.69. The Bertz CT molecular complexity index is 394. The van der Waals surface area contributed by atoms with Crippen LogP contribution in [0, 0.1) is 18.8 Å². The zero-order valence-corrected chi connectivity index (χ0v) is 12.2. The summed E-state index contributed by atoms with van der Waals surface area (Å²) >= 11 is 6.32. The molecule has 100 valence electrons. The molecule has 0 saturated heterocycles. The van der Waals surface area contributed by atoms with E-state index in [4.69, 9.17) is 17.3 Å². The van der Waals surface area contributed by atoms with Gasteiger partial charge in [0.25, 0.3) is 0 Å². The van der Waals surface area contributed by atoms with Gasteiger partial charge in [-0.1, -0.05) is 49.9 Å². The molecule has 2 N–H and O–H groups in total. The minimum atomic E-state index is 0.107. The fraction of sp³-hybridized carbons (Fsp3) is 0.625. The van der Waals surface area contributed by atoms with Crippen molar-refractivity contribution in [2.24, 2.45) is 17.6 Å². The van der Waals surface area contributed by atoms with Gasteiger partial charge in [-0.05, 0) is 48.8 Å². The molecule has 2 heteroatoms. The Morgan fingerprint density at radius 3 is 2.50 bits per heavy atom. The van der Waals surface area contributed by atoms with Crippen molar-refractivity contribution in [3.63, 3.8) is 0 Å². The number of hydrogen-bond donors (Lipinski definition) is 1. The van der Waals surface area contributed by atoms with E-state index in [1.165, 1.54) is 37.7 Å². The lowest BCUT2D eigenvalue weighted by molar-refractivity contribution is 0.240. The molecule has 1 unspecified atom stereocenters. The van der Waals surface area contributed by atoms with Crippen LogP contribution in [0.1, 0.15) is 56.2 Å². The van der Waals surface area contributed by atoms with Crippen LogP contribution >= 0.6 is 11.6 Å². The SMILES string of the molecule is CCC1CCC(C(N)c2ccc(C)cc2Cl)CC1. The molecule has 1 aromatic carbocycles. The molecule has 1 atom stereocenters. The third-order valence-electron chi connectivity index (χ3n) is 4.49. The Morgan fingerprint density at radius 2 is 1.94 bits per heavy atom. The van der Waals surface area contributed by atoms with Crippen molar-refractivity contribution >= 4 is 11.6 Å². The molecule has 1 saturated carbocycles. The summed E-state index contributed by atoms with van der Waals surface area (Å²) in [5.74, 6) is 1.52. The molecular weight excluding hydrogens is 242 g/mol. The summed E-state index contributed by atoms with van der Waals surface area (Å²) < 4.78 is 0. The Hall–Kier alpha value is -0.530. The largest absolute Gasteiger partial charge is 0.324 e. The smallest absolute Gasteiger partial charge is 0.0456 e. The highest BCUT2D eigenvalue weighted by atomic mass is 35.5. The van der Waals surface area contributed by atoms with Crippen molar-refractivity contribution in [3.8, 4) is 0 Å². The molecule has 1 aromatic rings. The quantitative estimate of drug-likeness (QED) is 0.829. The van der Waals surface area contributed by atoms with Crippen molar-refractivity contribution in [1.29, 1.82) is 0 Å². The monoisotopic (exact) mass is 265 g/mol. The van der Waals surface area contributed by atoms with Crippen LogP contribution in [-0.2, 0) is 0 Å². The van der Waals surface area contributed by atoms with Crippen LogP contribution in [0.25, 0.3) is 0 Å². The fourth-order valence-electron chi connectivity index (χ4n) is 3.11. The van der Waals surface area contributed by atoms with E-state index in [0.29, 0.717) is 5.92 Å². The van der Waals surface area contributed by atoms with E-state index >= 15 is 0 Å². The van der Waals surface area contributed by atoms with E-state index in [-0.39, 0.29) is 6.04 Å². The molecule has 0 aliphatic heterocycles. The Morgan fingerprint density at radius 1 is 1.28 bits per heavy atom. The second kappa shape index (κ2) is 6.08. The summed E-state index contributed by atoms with van der Waals surface area (Å²) in [5, 5.41) is 0.833. The van der Waals surface area contributed by atoms with Crippen molar-refractivity contribution in [3.05, 3.63) is 34.3 Å². The van der Waals surface area contributed by atoms with Crippen LogP contribution in [0.15, 0.2) is 18.2 Å². The molecule has 1 aliphatic rings. The van der Waals surface area contributed by atoms with Crippen LogP contribution in [-0.4, -0.2) is 0 Å². The molecule has 2 rings (SSSR count). The molecule has 0 bridgehead atoms. The van der Waals surface area contributed by atoms with Gasteiger partial charge in [-0.2, -0.15) is 0 Å². The maximum absolute atomic E-state index is 6.42. The Balaban J connectivity index is 2.05. The zero-order chi connectivity index (χ0) is 13.1. The number of hydrogen-bond acceptors (Lipinski definition) is 1. The highest BCUT2D eigenvalue weighted by Crippen LogP contribution is 2.38. The third-order valence-corrected chi connectivity index (χ3v) is 4.82. The van der Waals surface area contributed by atoms with Gasteiger partial charge in [0.1, 0.15) is 0 Å². The van der Waals surface area contributed by atoms with E-state index in [2.05, 4.69) is 26.0 Å². The summed E-state index contributed by atoms with van der Waals surface area (Å²) in [4.78, 5) is 0. The summed E-state index contributed by atoms with van der Waals surface area (Å²) in [5.41, 5.74) is 8.75. The van der Waals surface area contributed by atoms with E-state index in [9.17, 15) is 0 Å². The maximum Gasteiger partial charge on any atom is 0.0456 e. The average molecular weight is 266 g/mol. The van der Waals surface area contributed by atoms with Crippen molar-refractivity contribution in [2.75, 3.05) is 0 Å². The molecule has 0 spiro atoms. The number of nitrogens with two attached hydrogens (primary N) is 1. The van der Waals surface area contributed by atoms with Crippen molar-refractivity contribution in [1.82, 2.24) is 0 Å². The van der Waals surface area contributed by atoms with Gasteiger partial charge >= 0.3 is 0 Å². The maximum atomic E-state index is 6.42. The van der Waals surface area contributed by atoms with Gasteiger partial charge in [-0.25, -0.2) is 0 Å². The summed E-state index contributed by atoms with van der Waals surface area (Å²) in [6, 6.07) is 6.34. The summed E-state index contributed by atoms with van der Waals surface area (Å²) in [6.45, 7) is 4.36. The van der Waals surface area contributed by atoms with Crippen molar-refractivity contribution < 1.29 is 0 Å². The molecule has 1 fully saturated rings. The Labute approximate surface area is 116 Å². The molecular formula is C16H24ClN. The zero-order valence-electron chi connectivity index (χ0n) is 11.5. The van der Waals surface area contributed by atoms with Gasteiger partial charge < -0.3 is 5.73 Å². The van der Waals surface area contributed by atoms with Gasteiger partial charge in [-0.15, -0.1) is 0 Å². The van der Waals surface area contributed by atoms with Crippen LogP contribution in [0.2, 0.25) is 5.02 Å². The second-order valence-electron chi connectivity index (χ2n) is 5.74. The summed E-state index contributed by atoms with van der Waals surface area (Å²) in [6.07, 6.45) is 6.48. The van der Waals surface area contributed by atoms with Crippen LogP contribution in [0.4, 0.5) is 0 Å². The standard InChI is InChI=1S/C16H24ClN/c1-3-12-5-7-13(8-6-12)16(18)14-9-4-11(2)10-15(14)17/h4,9-10,12-13,16H,3,5-8,18H2,1-2H3. The van der Waals surface area contributed by atoms with Crippen LogP contribution < -0.4 is 5.73 Å². The number of benzene rings is 1. The van der Waals surface area contributed by atoms with Gasteiger partial charge in [0.15, 0.2) is 0 Å². The van der Waals surface area contributed by atoms with E-state index < -0.39 is 0 Å². The van der Waals surface area contributed by atoms with Crippen LogP contribution in [0.5, 0.6) is 0 Å². The van der Waals surface area contributed by atoms with Gasteiger partial charge in [0, 0.05) is 11.1 Å². The van der Waals surface area contributed by atoms with E-state index in [1.807, 2.05) is 6.07 Å². The molecule has 18 heavy (non-hydrogen) atoms. The predicted octanol–water partition coefficient (Wildman–Crippen LogP) is 4.86. The fourth-order valence-corrected chi connectivity index (χ4v) is 3.47.